The van der Waals surface area contributed by atoms with Crippen LogP contribution >= 0.6 is 0 Å². The molecule has 2 heteroatoms. The molecule has 0 N–H and O–H groups in total. The molecule has 0 saturated carbocycles. The first kappa shape index (κ1) is 9.07. The zero-order chi connectivity index (χ0) is 8.97. The average molecular weight is 178 g/mol. The number of rotatable bonds is 3. The highest BCUT2D eigenvalue weighted by atomic mass is 28.1. The van der Waals surface area contributed by atoms with Crippen LogP contribution in [0.2, 0.25) is 0 Å². The van der Waals surface area contributed by atoms with Crippen molar-refractivity contribution in [3.8, 4) is 0 Å². The second-order valence-electron chi connectivity index (χ2n) is 2.87. The topological polar surface area (TPSA) is 9.23 Å². The minimum atomic E-state index is 0.135. The molecule has 1 aromatic rings. The van der Waals surface area contributed by atoms with Crippen molar-refractivity contribution in [2.24, 2.45) is 0 Å². The first-order valence-electron chi connectivity index (χ1n) is 4.07. The van der Waals surface area contributed by atoms with E-state index in [-0.39, 0.29) is 6.10 Å². The van der Waals surface area contributed by atoms with Gasteiger partial charge in [-0.05, 0) is 12.5 Å². The van der Waals surface area contributed by atoms with Crippen molar-refractivity contribution in [2.75, 3.05) is 0 Å². The van der Waals surface area contributed by atoms with Gasteiger partial charge in [-0.1, -0.05) is 36.9 Å². The van der Waals surface area contributed by atoms with Crippen LogP contribution in [0.25, 0.3) is 0 Å². The fourth-order valence-electron chi connectivity index (χ4n) is 1.09. The van der Waals surface area contributed by atoms with Gasteiger partial charge in [0.05, 0.1) is 15.6 Å². The Balaban J connectivity index is 2.65. The van der Waals surface area contributed by atoms with E-state index in [1.807, 2.05) is 25.1 Å². The molecule has 0 fully saturated rings. The summed E-state index contributed by atoms with van der Waals surface area (Å²) in [6.07, 6.45) is 0.135. The molecule has 0 radical (unpaired) electrons. The van der Waals surface area contributed by atoms with Gasteiger partial charge >= 0.3 is 0 Å². The normalized spacial score (nSPS) is 12.4. The summed E-state index contributed by atoms with van der Waals surface area (Å²) >= 11 is 0. The van der Waals surface area contributed by atoms with Gasteiger partial charge < -0.3 is 4.74 Å². The van der Waals surface area contributed by atoms with Crippen LogP contribution < -0.4 is 0 Å². The minimum absolute atomic E-state index is 0.135. The van der Waals surface area contributed by atoms with Crippen molar-refractivity contribution in [1.29, 1.82) is 0 Å². The van der Waals surface area contributed by atoms with Crippen LogP contribution in [0.15, 0.2) is 42.3 Å². The molecule has 1 aromatic carbocycles. The van der Waals surface area contributed by atoms with E-state index in [1.165, 1.54) is 5.56 Å². The lowest BCUT2D eigenvalue weighted by molar-refractivity contribution is 0.154. The molecule has 64 valence electrons. The maximum Gasteiger partial charge on any atom is 0.120 e. The van der Waals surface area contributed by atoms with Crippen LogP contribution in [0.1, 0.15) is 18.6 Å². The Morgan fingerprint density at radius 2 is 2.00 bits per heavy atom. The van der Waals surface area contributed by atoms with E-state index >= 15 is 0 Å². The van der Waals surface area contributed by atoms with Gasteiger partial charge in [-0.3, -0.25) is 0 Å². The number of hydrogen-bond donors (Lipinski definition) is 0. The Labute approximate surface area is 76.5 Å². The quantitative estimate of drug-likeness (QED) is 0.504. The molecule has 0 aliphatic heterocycles. The average Bonchev–Trinajstić information content (AvgIpc) is 2.05. The van der Waals surface area contributed by atoms with E-state index in [4.69, 9.17) is 4.74 Å². The van der Waals surface area contributed by atoms with Gasteiger partial charge in [-0.15, -0.1) is 0 Å². The maximum atomic E-state index is 5.50. The fraction of sp³-hybridized carbons (Fsp3) is 0.200. The van der Waals surface area contributed by atoms with Crippen LogP contribution in [-0.4, -0.2) is 10.2 Å². The zero-order valence-corrected chi connectivity index (χ0v) is 9.58. The lowest BCUT2D eigenvalue weighted by atomic mass is 10.1. The molecule has 0 bridgehead atoms. The molecule has 1 unspecified atom stereocenters. The first-order valence-corrected chi connectivity index (χ1v) is 5.07. The molecule has 0 saturated heterocycles. The summed E-state index contributed by atoms with van der Waals surface area (Å²) in [5, 5.41) is 0.895. The highest BCUT2D eigenvalue weighted by Gasteiger charge is 2.03. The SMILES string of the molecule is C=C([SiH3])OC(C)c1ccccc1. The molecule has 1 nitrogen and oxygen atoms in total. The van der Waals surface area contributed by atoms with Gasteiger partial charge in [0, 0.05) is 0 Å². The molecule has 0 aliphatic carbocycles. The van der Waals surface area contributed by atoms with Gasteiger partial charge in [0.15, 0.2) is 0 Å². The van der Waals surface area contributed by atoms with E-state index in [9.17, 15) is 0 Å². The minimum Gasteiger partial charge on any atom is -0.497 e. The van der Waals surface area contributed by atoms with Crippen molar-refractivity contribution in [3.05, 3.63) is 47.9 Å². The summed E-state index contributed by atoms with van der Waals surface area (Å²) in [4.78, 5) is 0. The molecule has 1 atom stereocenters. The monoisotopic (exact) mass is 178 g/mol. The van der Waals surface area contributed by atoms with Crippen LogP contribution in [0, 0.1) is 0 Å². The van der Waals surface area contributed by atoms with Crippen LogP contribution in [0.5, 0.6) is 0 Å². The predicted octanol–water partition coefficient (Wildman–Crippen LogP) is 1.60. The number of ether oxygens (including phenoxy) is 1. The predicted molar refractivity (Wildman–Crippen MR) is 55.0 cm³/mol. The summed E-state index contributed by atoms with van der Waals surface area (Å²) in [6, 6.07) is 10.2. The van der Waals surface area contributed by atoms with E-state index < -0.39 is 0 Å². The van der Waals surface area contributed by atoms with Crippen molar-refractivity contribution >= 4 is 10.2 Å². The maximum absolute atomic E-state index is 5.50. The van der Waals surface area contributed by atoms with E-state index in [0.29, 0.717) is 0 Å². The summed E-state index contributed by atoms with van der Waals surface area (Å²) in [5.74, 6) is 0. The molecule has 0 aromatic heterocycles. The Morgan fingerprint density at radius 1 is 1.42 bits per heavy atom. The standard InChI is InChI=1S/C10H14OSi/c1-8(11-9(2)12)10-6-4-3-5-7-10/h3-8H,2H2,1,12H3. The Kier molecular flexibility index (Phi) is 3.11. The van der Waals surface area contributed by atoms with Gasteiger partial charge in [0.1, 0.15) is 6.10 Å². The van der Waals surface area contributed by atoms with Gasteiger partial charge in [0.25, 0.3) is 0 Å². The lowest BCUT2D eigenvalue weighted by Crippen LogP contribution is -1.98. The molecule has 12 heavy (non-hydrogen) atoms. The van der Waals surface area contributed by atoms with Crippen molar-refractivity contribution in [2.45, 2.75) is 13.0 Å². The summed E-state index contributed by atoms with van der Waals surface area (Å²) in [5.41, 5.74) is 1.20. The third-order valence-corrected chi connectivity index (χ3v) is 1.88. The van der Waals surface area contributed by atoms with Crippen LogP contribution in [0.3, 0.4) is 0 Å². The third kappa shape index (κ3) is 2.55. The zero-order valence-electron chi connectivity index (χ0n) is 7.58. The Bertz CT molecular complexity index is 256. The van der Waals surface area contributed by atoms with Crippen LogP contribution in [0.4, 0.5) is 0 Å². The largest absolute Gasteiger partial charge is 0.497 e. The van der Waals surface area contributed by atoms with Crippen molar-refractivity contribution in [3.63, 3.8) is 0 Å². The highest BCUT2D eigenvalue weighted by molar-refractivity contribution is 6.19. The molecule has 0 spiro atoms. The number of benzene rings is 1. The molecule has 0 aliphatic rings. The molecular formula is C10H14OSi. The molecule has 0 heterocycles. The highest BCUT2D eigenvalue weighted by Crippen LogP contribution is 2.17. The number of hydrogen-bond acceptors (Lipinski definition) is 1. The second-order valence-corrected chi connectivity index (χ2v) is 3.99. The van der Waals surface area contributed by atoms with Crippen molar-refractivity contribution in [1.82, 2.24) is 0 Å². The van der Waals surface area contributed by atoms with Crippen LogP contribution in [-0.2, 0) is 4.74 Å². The van der Waals surface area contributed by atoms with Gasteiger partial charge in [-0.2, -0.15) is 0 Å². The van der Waals surface area contributed by atoms with E-state index in [2.05, 4.69) is 18.7 Å². The summed E-state index contributed by atoms with van der Waals surface area (Å²) in [7, 11) is 0.901. The molecular weight excluding hydrogens is 164 g/mol. The van der Waals surface area contributed by atoms with E-state index in [1.54, 1.807) is 0 Å². The van der Waals surface area contributed by atoms with Gasteiger partial charge in [-0.25, -0.2) is 0 Å². The smallest absolute Gasteiger partial charge is 0.120 e. The first-order chi connectivity index (χ1) is 5.70. The lowest BCUT2D eigenvalue weighted by Gasteiger charge is -2.14. The third-order valence-electron chi connectivity index (χ3n) is 1.65. The fourth-order valence-corrected chi connectivity index (χ4v) is 1.45. The summed E-state index contributed by atoms with van der Waals surface area (Å²) in [6.45, 7) is 5.80. The summed E-state index contributed by atoms with van der Waals surface area (Å²) < 4.78 is 5.50. The second kappa shape index (κ2) is 4.12. The Hall–Kier alpha value is -1.02. The van der Waals surface area contributed by atoms with E-state index in [0.717, 1.165) is 15.6 Å². The molecule has 0 amide bonds. The Morgan fingerprint density at radius 3 is 2.50 bits per heavy atom. The van der Waals surface area contributed by atoms with Crippen molar-refractivity contribution < 1.29 is 4.74 Å². The van der Waals surface area contributed by atoms with Gasteiger partial charge in [0.2, 0.25) is 0 Å². The molecule has 1 rings (SSSR count).